The first kappa shape index (κ1) is 20.3. The maximum absolute atomic E-state index is 12.3. The molecule has 134 valence electrons. The molecule has 7 heteroatoms. The van der Waals surface area contributed by atoms with Gasteiger partial charge in [-0.2, -0.15) is 0 Å². The van der Waals surface area contributed by atoms with Crippen molar-refractivity contribution in [2.24, 2.45) is 11.3 Å². The Balaban J connectivity index is 3.21. The highest BCUT2D eigenvalue weighted by atomic mass is 79.9. The topological polar surface area (TPSA) is 82.1 Å². The van der Waals surface area contributed by atoms with Gasteiger partial charge in [-0.25, -0.2) is 0 Å². The molecule has 0 unspecified atom stereocenters. The number of allylic oxidation sites excluding steroid dienone is 5. The van der Waals surface area contributed by atoms with Crippen molar-refractivity contribution in [1.29, 1.82) is 0 Å². The Morgan fingerprint density at radius 2 is 1.50 bits per heavy atom. The van der Waals surface area contributed by atoms with Crippen molar-refractivity contribution in [3.05, 3.63) is 35.8 Å². The lowest BCUT2D eigenvalue weighted by molar-refractivity contribution is -0.165. The summed E-state index contributed by atoms with van der Waals surface area (Å²) in [6, 6.07) is 0. The fraction of sp³-hybridized carbons (Fsp3) is 0.529. The lowest BCUT2D eigenvalue weighted by atomic mass is 9.74. The molecule has 0 radical (unpaired) electrons. The molecule has 0 aromatic carbocycles. The molecule has 0 atom stereocenters. The van der Waals surface area contributed by atoms with Gasteiger partial charge in [0.2, 0.25) is 0 Å². The first-order valence-electron chi connectivity index (χ1n) is 7.79. The van der Waals surface area contributed by atoms with Crippen LogP contribution < -0.4 is 0 Å². The lowest BCUT2D eigenvalue weighted by Crippen LogP contribution is -2.42. The molecule has 0 bridgehead atoms. The highest BCUT2D eigenvalue weighted by Crippen LogP contribution is 2.39. The second-order valence-corrected chi connectivity index (χ2v) is 5.60. The van der Waals surface area contributed by atoms with Crippen molar-refractivity contribution >= 4 is 27.9 Å². The molecule has 0 saturated carbocycles. The average molecular weight is 403 g/mol. The maximum Gasteiger partial charge on any atom is 0.321 e. The molecule has 1 N–H and O–H groups in total. The summed E-state index contributed by atoms with van der Waals surface area (Å²) in [6.45, 7) is 5.76. The van der Waals surface area contributed by atoms with Gasteiger partial charge in [-0.05, 0) is 20.8 Å². The molecule has 0 spiro atoms. The van der Waals surface area contributed by atoms with Crippen LogP contribution in [0.25, 0.3) is 0 Å². The predicted molar refractivity (Wildman–Crippen MR) is 92.5 cm³/mol. The van der Waals surface area contributed by atoms with Gasteiger partial charge < -0.3 is 19.3 Å². The maximum atomic E-state index is 12.3. The van der Waals surface area contributed by atoms with Crippen molar-refractivity contribution in [1.82, 2.24) is 0 Å². The van der Waals surface area contributed by atoms with Crippen LogP contribution in [0.5, 0.6) is 0 Å². The van der Waals surface area contributed by atoms with Crippen LogP contribution >= 0.6 is 15.9 Å². The summed E-state index contributed by atoms with van der Waals surface area (Å²) in [4.78, 5) is 24.7. The Morgan fingerprint density at radius 3 is 1.88 bits per heavy atom. The zero-order valence-electron chi connectivity index (χ0n) is 14.1. The summed E-state index contributed by atoms with van der Waals surface area (Å²) in [5.41, 5.74) is -0.492. The zero-order valence-corrected chi connectivity index (χ0v) is 15.7. The van der Waals surface area contributed by atoms with Crippen LogP contribution in [0.15, 0.2) is 35.8 Å². The number of esters is 2. The van der Waals surface area contributed by atoms with Gasteiger partial charge in [0.05, 0.1) is 25.4 Å². The number of rotatable bonds is 8. The number of ether oxygens (including phenoxy) is 3. The van der Waals surface area contributed by atoms with Crippen LogP contribution in [-0.4, -0.2) is 42.2 Å². The second kappa shape index (κ2) is 9.52. The van der Waals surface area contributed by atoms with Crippen LogP contribution in [0.1, 0.15) is 20.8 Å². The van der Waals surface area contributed by atoms with E-state index in [9.17, 15) is 14.7 Å². The van der Waals surface area contributed by atoms with Gasteiger partial charge in [-0.15, -0.1) is 0 Å². The van der Waals surface area contributed by atoms with Crippen molar-refractivity contribution in [2.45, 2.75) is 20.8 Å². The van der Waals surface area contributed by atoms with Crippen molar-refractivity contribution in [3.8, 4) is 0 Å². The minimum Gasteiger partial charge on any atom is -0.481 e. The Kier molecular flexibility index (Phi) is 8.04. The van der Waals surface area contributed by atoms with Crippen molar-refractivity contribution in [2.75, 3.05) is 25.2 Å². The van der Waals surface area contributed by atoms with E-state index < -0.39 is 23.3 Å². The van der Waals surface area contributed by atoms with Crippen LogP contribution in [0.2, 0.25) is 0 Å². The van der Waals surface area contributed by atoms with E-state index >= 15 is 0 Å². The molecule has 0 aromatic rings. The molecular formula is C17H23BrO6. The van der Waals surface area contributed by atoms with E-state index in [0.717, 1.165) is 0 Å². The van der Waals surface area contributed by atoms with Crippen molar-refractivity contribution in [3.63, 3.8) is 0 Å². The monoisotopic (exact) mass is 402 g/mol. The molecule has 1 aliphatic rings. The third-order valence-corrected chi connectivity index (χ3v) is 4.46. The largest absolute Gasteiger partial charge is 0.481 e. The summed E-state index contributed by atoms with van der Waals surface area (Å²) >= 11 is 3.37. The Labute approximate surface area is 150 Å². The second-order valence-electron chi connectivity index (χ2n) is 5.04. The van der Waals surface area contributed by atoms with Gasteiger partial charge in [0.1, 0.15) is 0 Å². The van der Waals surface area contributed by atoms with E-state index in [-0.39, 0.29) is 19.2 Å². The van der Waals surface area contributed by atoms with Gasteiger partial charge >= 0.3 is 11.9 Å². The smallest absolute Gasteiger partial charge is 0.321 e. The number of alkyl halides is 1. The summed E-state index contributed by atoms with van der Waals surface area (Å²) in [7, 11) is 0. The highest BCUT2D eigenvalue weighted by Gasteiger charge is 2.46. The molecular weight excluding hydrogens is 380 g/mol. The van der Waals surface area contributed by atoms with Crippen LogP contribution in [0, 0.1) is 11.3 Å². The summed E-state index contributed by atoms with van der Waals surface area (Å²) in [6.07, 6.45) is 6.56. The molecule has 0 aliphatic heterocycles. The number of carbonyl (C=O) groups is 2. The van der Waals surface area contributed by atoms with Crippen molar-refractivity contribution < 1.29 is 28.9 Å². The number of hydrogen-bond donors (Lipinski definition) is 1. The molecule has 0 saturated heterocycles. The van der Waals surface area contributed by atoms with E-state index in [1.54, 1.807) is 45.1 Å². The summed E-state index contributed by atoms with van der Waals surface area (Å²) in [5, 5.41) is 10.1. The fourth-order valence-corrected chi connectivity index (χ4v) is 3.01. The minimum absolute atomic E-state index is 0.164. The lowest BCUT2D eigenvalue weighted by Gasteiger charge is -2.33. The minimum atomic E-state index is -1.14. The van der Waals surface area contributed by atoms with E-state index in [2.05, 4.69) is 15.9 Å². The molecule has 0 fully saturated rings. The molecule has 1 rings (SSSR count). The number of halogens is 1. The van der Waals surface area contributed by atoms with Gasteiger partial charge in [0.15, 0.2) is 5.92 Å². The molecule has 0 aromatic heterocycles. The highest BCUT2D eigenvalue weighted by molar-refractivity contribution is 9.09. The van der Waals surface area contributed by atoms with Gasteiger partial charge in [-0.3, -0.25) is 9.59 Å². The van der Waals surface area contributed by atoms with E-state index in [1.807, 2.05) is 0 Å². The van der Waals surface area contributed by atoms with Gasteiger partial charge in [0.25, 0.3) is 5.95 Å². The van der Waals surface area contributed by atoms with E-state index in [0.29, 0.717) is 17.5 Å². The first-order chi connectivity index (χ1) is 11.5. The van der Waals surface area contributed by atoms with Gasteiger partial charge in [-0.1, -0.05) is 40.2 Å². The summed E-state index contributed by atoms with van der Waals surface area (Å²) in [5.74, 6) is -2.64. The SMILES string of the molecule is CCOC(=O)C(C(=O)OCC)C1(CBr)C=CC(=C(O)OCC)C=C1. The van der Waals surface area contributed by atoms with Crippen LogP contribution in [0.3, 0.4) is 0 Å². The first-order valence-corrected chi connectivity index (χ1v) is 8.91. The Morgan fingerprint density at radius 1 is 1.04 bits per heavy atom. The van der Waals surface area contributed by atoms with E-state index in [1.165, 1.54) is 0 Å². The predicted octanol–water partition coefficient (Wildman–Crippen LogP) is 3.04. The number of aliphatic hydroxyl groups is 1. The molecule has 6 nitrogen and oxygen atoms in total. The normalized spacial score (nSPS) is 19.3. The van der Waals surface area contributed by atoms with E-state index in [4.69, 9.17) is 14.2 Å². The zero-order chi connectivity index (χ0) is 18.2. The molecule has 1 aliphatic carbocycles. The Hall–Kier alpha value is -1.76. The van der Waals surface area contributed by atoms with Crippen LogP contribution in [0.4, 0.5) is 0 Å². The number of hydrogen-bond acceptors (Lipinski definition) is 6. The standard InChI is InChI=1S/C17H23BrO6/c1-4-22-14(19)12-7-9-17(11-18,10-8-12)13(15(20)23-5-2)16(21)24-6-3/h7-10,13,19H,4-6,11H2,1-3H3. The quantitative estimate of drug-likeness (QED) is 0.290. The third-order valence-electron chi connectivity index (χ3n) is 3.49. The third kappa shape index (κ3) is 4.63. The fourth-order valence-electron chi connectivity index (χ4n) is 2.31. The summed E-state index contributed by atoms with van der Waals surface area (Å²) < 4.78 is 15.2. The molecule has 0 amide bonds. The number of aliphatic hydroxyl groups excluding tert-OH is 1. The van der Waals surface area contributed by atoms with Crippen LogP contribution in [-0.2, 0) is 23.8 Å². The molecule has 24 heavy (non-hydrogen) atoms. The average Bonchev–Trinajstić information content (AvgIpc) is 2.56. The molecule has 0 heterocycles. The Bertz CT molecular complexity index is 515. The van der Waals surface area contributed by atoms with Gasteiger partial charge in [0, 0.05) is 10.7 Å². The number of carbonyl (C=O) groups excluding carboxylic acids is 2.